The zero-order chi connectivity index (χ0) is 13.3. The predicted octanol–water partition coefficient (Wildman–Crippen LogP) is 1.70. The van der Waals surface area contributed by atoms with Crippen LogP contribution in [0.2, 0.25) is 0 Å². The first-order chi connectivity index (χ1) is 8.47. The first-order valence-corrected chi connectivity index (χ1v) is 5.36. The Morgan fingerprint density at radius 2 is 2.06 bits per heavy atom. The number of carbonyl (C=O) groups is 3. The number of hydrogen-bond acceptors (Lipinski definition) is 3. The molecule has 5 heteroatoms. The van der Waals surface area contributed by atoms with Crippen LogP contribution in [0.5, 0.6) is 0 Å². The topological polar surface area (TPSA) is 83.5 Å². The van der Waals surface area contributed by atoms with E-state index < -0.39 is 5.97 Å². The number of benzene rings is 1. The molecule has 0 saturated carbocycles. The van der Waals surface area contributed by atoms with Crippen LogP contribution in [0, 0.1) is 0 Å². The van der Waals surface area contributed by atoms with E-state index in [4.69, 9.17) is 5.11 Å². The molecule has 5 nitrogen and oxygen atoms in total. The maximum absolute atomic E-state index is 11.7. The predicted molar refractivity (Wildman–Crippen MR) is 65.3 cm³/mol. The quantitative estimate of drug-likeness (QED) is 0.777. The van der Waals surface area contributed by atoms with Crippen molar-refractivity contribution in [3.8, 4) is 0 Å². The first kappa shape index (κ1) is 12.0. The Balaban J connectivity index is 2.46. The number of Topliss-reactive ketones (excluding diaryl/α,β-unsaturated/α-hetero) is 1. The Morgan fingerprint density at radius 1 is 1.33 bits per heavy atom. The standard InChI is InChI=1S/C13H11NO4/c1-7(15)14-9-2-3-10-11(6-9)8(4-12(10)16)5-13(17)18/h2-3,5-6H,4H2,1H3,(H,14,15)(H,17,18)/b8-5+. The highest BCUT2D eigenvalue weighted by molar-refractivity contribution is 6.14. The lowest BCUT2D eigenvalue weighted by atomic mass is 10.1. The molecule has 1 aliphatic carbocycles. The van der Waals surface area contributed by atoms with Gasteiger partial charge < -0.3 is 10.4 Å². The molecule has 0 aromatic heterocycles. The van der Waals surface area contributed by atoms with Crippen LogP contribution in [-0.2, 0) is 9.59 Å². The maximum Gasteiger partial charge on any atom is 0.328 e. The molecule has 0 saturated heterocycles. The minimum absolute atomic E-state index is 0.0885. The van der Waals surface area contributed by atoms with Crippen LogP contribution < -0.4 is 5.32 Å². The van der Waals surface area contributed by atoms with Crippen LogP contribution in [0.15, 0.2) is 24.3 Å². The SMILES string of the molecule is CC(=O)Nc1ccc2c(c1)/C(=C/C(=O)O)CC2=O. The molecular weight excluding hydrogens is 234 g/mol. The fourth-order valence-corrected chi connectivity index (χ4v) is 1.98. The minimum Gasteiger partial charge on any atom is -0.478 e. The number of carboxylic acid groups (broad SMARTS) is 1. The van der Waals surface area contributed by atoms with Gasteiger partial charge in [-0.3, -0.25) is 9.59 Å². The van der Waals surface area contributed by atoms with E-state index in [0.717, 1.165) is 6.08 Å². The summed E-state index contributed by atoms with van der Waals surface area (Å²) in [5, 5.41) is 11.3. The van der Waals surface area contributed by atoms with Gasteiger partial charge in [0.15, 0.2) is 5.78 Å². The van der Waals surface area contributed by atoms with Crippen molar-refractivity contribution in [2.45, 2.75) is 13.3 Å². The van der Waals surface area contributed by atoms with Crippen molar-refractivity contribution < 1.29 is 19.5 Å². The average molecular weight is 245 g/mol. The highest BCUT2D eigenvalue weighted by Crippen LogP contribution is 2.33. The second kappa shape index (κ2) is 4.44. The minimum atomic E-state index is -1.09. The lowest BCUT2D eigenvalue weighted by Crippen LogP contribution is -2.06. The summed E-state index contributed by atoms with van der Waals surface area (Å²) in [4.78, 5) is 33.3. The Bertz CT molecular complexity index is 587. The molecule has 1 aromatic carbocycles. The fraction of sp³-hybridized carbons (Fsp3) is 0.154. The Hall–Kier alpha value is -2.43. The van der Waals surface area contributed by atoms with Gasteiger partial charge in [-0.2, -0.15) is 0 Å². The zero-order valence-corrected chi connectivity index (χ0v) is 9.69. The van der Waals surface area contributed by atoms with E-state index in [9.17, 15) is 14.4 Å². The number of amides is 1. The molecule has 2 N–H and O–H groups in total. The molecule has 2 rings (SSSR count). The molecule has 0 heterocycles. The van der Waals surface area contributed by atoms with Gasteiger partial charge in [-0.25, -0.2) is 4.79 Å². The van der Waals surface area contributed by atoms with Gasteiger partial charge in [0, 0.05) is 30.7 Å². The molecule has 0 atom stereocenters. The van der Waals surface area contributed by atoms with E-state index in [-0.39, 0.29) is 18.1 Å². The van der Waals surface area contributed by atoms with Crippen LogP contribution >= 0.6 is 0 Å². The number of allylic oxidation sites excluding steroid dienone is 1. The lowest BCUT2D eigenvalue weighted by molar-refractivity contribution is -0.131. The summed E-state index contributed by atoms with van der Waals surface area (Å²) in [6.07, 6.45) is 1.12. The van der Waals surface area contributed by atoms with Crippen molar-refractivity contribution in [2.75, 3.05) is 5.32 Å². The lowest BCUT2D eigenvalue weighted by Gasteiger charge is -2.05. The van der Waals surface area contributed by atoms with Gasteiger partial charge in [-0.15, -0.1) is 0 Å². The zero-order valence-electron chi connectivity index (χ0n) is 9.69. The largest absolute Gasteiger partial charge is 0.478 e. The highest BCUT2D eigenvalue weighted by Gasteiger charge is 2.25. The average Bonchev–Trinajstić information content (AvgIpc) is 2.54. The van der Waals surface area contributed by atoms with Gasteiger partial charge in [0.1, 0.15) is 0 Å². The van der Waals surface area contributed by atoms with E-state index in [2.05, 4.69) is 5.32 Å². The van der Waals surface area contributed by atoms with Crippen LogP contribution in [0.4, 0.5) is 5.69 Å². The van der Waals surface area contributed by atoms with Crippen LogP contribution in [0.3, 0.4) is 0 Å². The van der Waals surface area contributed by atoms with Gasteiger partial charge in [-0.05, 0) is 29.3 Å². The van der Waals surface area contributed by atoms with Crippen molar-refractivity contribution in [3.63, 3.8) is 0 Å². The van der Waals surface area contributed by atoms with Crippen molar-refractivity contribution >= 4 is 28.9 Å². The molecule has 0 radical (unpaired) electrons. The molecule has 1 amide bonds. The maximum atomic E-state index is 11.7. The number of fused-ring (bicyclic) bond motifs is 1. The molecule has 0 bridgehead atoms. The third kappa shape index (κ3) is 2.29. The van der Waals surface area contributed by atoms with Gasteiger partial charge in [0.05, 0.1) is 0 Å². The van der Waals surface area contributed by atoms with Crippen molar-refractivity contribution in [1.29, 1.82) is 0 Å². The molecule has 0 fully saturated rings. The summed E-state index contributed by atoms with van der Waals surface area (Å²) in [5.41, 5.74) is 2.09. The van der Waals surface area contributed by atoms with Crippen molar-refractivity contribution in [2.24, 2.45) is 0 Å². The van der Waals surface area contributed by atoms with Gasteiger partial charge in [0.25, 0.3) is 0 Å². The van der Waals surface area contributed by atoms with E-state index in [1.54, 1.807) is 18.2 Å². The summed E-state index contributed by atoms with van der Waals surface area (Å²) in [5.74, 6) is -1.41. The summed E-state index contributed by atoms with van der Waals surface area (Å²) in [6, 6.07) is 4.85. The van der Waals surface area contributed by atoms with E-state index in [0.29, 0.717) is 22.4 Å². The highest BCUT2D eigenvalue weighted by atomic mass is 16.4. The van der Waals surface area contributed by atoms with Gasteiger partial charge in [0.2, 0.25) is 5.91 Å². The van der Waals surface area contributed by atoms with Crippen LogP contribution in [0.1, 0.15) is 29.3 Å². The van der Waals surface area contributed by atoms with Crippen molar-refractivity contribution in [3.05, 3.63) is 35.4 Å². The van der Waals surface area contributed by atoms with E-state index >= 15 is 0 Å². The van der Waals surface area contributed by atoms with Gasteiger partial charge in [-0.1, -0.05) is 0 Å². The number of aliphatic carboxylic acids is 1. The third-order valence-electron chi connectivity index (χ3n) is 2.64. The number of ketones is 1. The fourth-order valence-electron chi connectivity index (χ4n) is 1.98. The number of carbonyl (C=O) groups excluding carboxylic acids is 2. The third-order valence-corrected chi connectivity index (χ3v) is 2.64. The molecule has 18 heavy (non-hydrogen) atoms. The molecule has 0 spiro atoms. The number of anilines is 1. The molecule has 1 aromatic rings. The number of nitrogens with one attached hydrogen (secondary N) is 1. The van der Waals surface area contributed by atoms with Crippen molar-refractivity contribution in [1.82, 2.24) is 0 Å². The Labute approximate surface area is 103 Å². The molecule has 1 aliphatic rings. The summed E-state index contributed by atoms with van der Waals surface area (Å²) in [6.45, 7) is 1.38. The Kier molecular flexibility index (Phi) is 2.97. The molecule has 0 aliphatic heterocycles. The van der Waals surface area contributed by atoms with E-state index in [1.165, 1.54) is 6.92 Å². The number of hydrogen-bond donors (Lipinski definition) is 2. The molecule has 92 valence electrons. The summed E-state index contributed by atoms with van der Waals surface area (Å²) >= 11 is 0. The van der Waals surface area contributed by atoms with Gasteiger partial charge >= 0.3 is 5.97 Å². The van der Waals surface area contributed by atoms with E-state index in [1.807, 2.05) is 0 Å². The molecule has 0 unspecified atom stereocenters. The Morgan fingerprint density at radius 3 is 2.67 bits per heavy atom. The second-order valence-corrected chi connectivity index (χ2v) is 4.05. The van der Waals surface area contributed by atoms with Crippen LogP contribution in [-0.4, -0.2) is 22.8 Å². The molecular formula is C13H11NO4. The normalized spacial score (nSPS) is 15.6. The summed E-state index contributed by atoms with van der Waals surface area (Å²) in [7, 11) is 0. The summed E-state index contributed by atoms with van der Waals surface area (Å²) < 4.78 is 0. The van der Waals surface area contributed by atoms with Crippen LogP contribution in [0.25, 0.3) is 5.57 Å². The monoisotopic (exact) mass is 245 g/mol. The second-order valence-electron chi connectivity index (χ2n) is 4.05. The number of rotatable bonds is 2. The smallest absolute Gasteiger partial charge is 0.328 e. The number of carboxylic acids is 1. The first-order valence-electron chi connectivity index (χ1n) is 5.36.